The molecule has 0 aliphatic carbocycles. The molecule has 1 aromatic carbocycles. The standard InChI is InChI=1S/C16H23NO3/c1-4-19-16(18)15(14-8-6-5-7-9-14)17-10-13(3)20-11-12(17)2/h5-9,12-13,15H,4,10-11H2,1-3H3. The topological polar surface area (TPSA) is 38.8 Å². The van der Waals surface area contributed by atoms with Crippen LogP contribution >= 0.6 is 0 Å². The smallest absolute Gasteiger partial charge is 0.328 e. The average molecular weight is 277 g/mol. The van der Waals surface area contributed by atoms with Gasteiger partial charge in [0.15, 0.2) is 0 Å². The van der Waals surface area contributed by atoms with Crippen molar-refractivity contribution in [2.24, 2.45) is 0 Å². The summed E-state index contributed by atoms with van der Waals surface area (Å²) in [5.41, 5.74) is 0.979. The molecule has 0 N–H and O–H groups in total. The zero-order valence-electron chi connectivity index (χ0n) is 12.4. The Kier molecular flexibility index (Phi) is 5.15. The van der Waals surface area contributed by atoms with Crippen molar-refractivity contribution in [3.8, 4) is 0 Å². The van der Waals surface area contributed by atoms with Crippen LogP contribution in [-0.4, -0.2) is 42.8 Å². The van der Waals surface area contributed by atoms with Crippen LogP contribution in [0.3, 0.4) is 0 Å². The lowest BCUT2D eigenvalue weighted by Crippen LogP contribution is -2.51. The molecule has 20 heavy (non-hydrogen) atoms. The van der Waals surface area contributed by atoms with Crippen molar-refractivity contribution in [3.63, 3.8) is 0 Å². The van der Waals surface area contributed by atoms with Gasteiger partial charge in [-0.3, -0.25) is 4.90 Å². The maximum absolute atomic E-state index is 12.4. The van der Waals surface area contributed by atoms with Crippen molar-refractivity contribution in [1.29, 1.82) is 0 Å². The van der Waals surface area contributed by atoms with E-state index in [1.807, 2.05) is 44.2 Å². The van der Waals surface area contributed by atoms with Gasteiger partial charge in [-0.15, -0.1) is 0 Å². The zero-order valence-corrected chi connectivity index (χ0v) is 12.4. The molecule has 0 bridgehead atoms. The van der Waals surface area contributed by atoms with Crippen LogP contribution in [0.4, 0.5) is 0 Å². The van der Waals surface area contributed by atoms with Crippen LogP contribution in [0.2, 0.25) is 0 Å². The third kappa shape index (κ3) is 3.38. The molecule has 0 amide bonds. The molecule has 0 radical (unpaired) electrons. The Labute approximate surface area is 120 Å². The van der Waals surface area contributed by atoms with E-state index in [0.29, 0.717) is 13.2 Å². The van der Waals surface area contributed by atoms with Crippen LogP contribution in [0, 0.1) is 0 Å². The number of esters is 1. The molecule has 0 saturated carbocycles. The second-order valence-electron chi connectivity index (χ2n) is 5.26. The predicted molar refractivity (Wildman–Crippen MR) is 77.4 cm³/mol. The first-order chi connectivity index (χ1) is 9.63. The number of rotatable bonds is 4. The first kappa shape index (κ1) is 15.0. The fourth-order valence-electron chi connectivity index (χ4n) is 2.61. The minimum Gasteiger partial charge on any atom is -0.465 e. The Bertz CT molecular complexity index is 435. The Hall–Kier alpha value is -1.39. The molecular formula is C16H23NO3. The van der Waals surface area contributed by atoms with E-state index in [0.717, 1.165) is 12.1 Å². The third-order valence-electron chi connectivity index (χ3n) is 3.61. The Morgan fingerprint density at radius 2 is 2.10 bits per heavy atom. The van der Waals surface area contributed by atoms with Crippen molar-refractivity contribution in [2.45, 2.75) is 39.0 Å². The van der Waals surface area contributed by atoms with Gasteiger partial charge >= 0.3 is 5.97 Å². The first-order valence-corrected chi connectivity index (χ1v) is 7.22. The molecule has 0 spiro atoms. The normalized spacial score (nSPS) is 25.1. The summed E-state index contributed by atoms with van der Waals surface area (Å²) in [5.74, 6) is -0.181. The highest BCUT2D eigenvalue weighted by molar-refractivity contribution is 5.77. The van der Waals surface area contributed by atoms with Crippen molar-refractivity contribution >= 4 is 5.97 Å². The lowest BCUT2D eigenvalue weighted by atomic mass is 10.0. The van der Waals surface area contributed by atoms with Crippen LogP contribution in [0.1, 0.15) is 32.4 Å². The van der Waals surface area contributed by atoms with Crippen LogP contribution in [0.15, 0.2) is 30.3 Å². The minimum absolute atomic E-state index is 0.131. The van der Waals surface area contributed by atoms with E-state index >= 15 is 0 Å². The van der Waals surface area contributed by atoms with Gasteiger partial charge in [-0.2, -0.15) is 0 Å². The van der Waals surface area contributed by atoms with Crippen molar-refractivity contribution in [1.82, 2.24) is 4.90 Å². The van der Waals surface area contributed by atoms with Crippen LogP contribution < -0.4 is 0 Å². The van der Waals surface area contributed by atoms with Gasteiger partial charge in [0, 0.05) is 12.6 Å². The van der Waals surface area contributed by atoms with Gasteiger partial charge in [0.25, 0.3) is 0 Å². The van der Waals surface area contributed by atoms with Gasteiger partial charge in [-0.05, 0) is 26.3 Å². The number of carbonyl (C=O) groups is 1. The third-order valence-corrected chi connectivity index (χ3v) is 3.61. The van der Waals surface area contributed by atoms with Gasteiger partial charge in [-0.25, -0.2) is 4.79 Å². The highest BCUT2D eigenvalue weighted by atomic mass is 16.5. The summed E-state index contributed by atoms with van der Waals surface area (Å²) < 4.78 is 10.9. The maximum Gasteiger partial charge on any atom is 0.328 e. The molecule has 1 heterocycles. The molecule has 110 valence electrons. The number of nitrogens with zero attached hydrogens (tertiary/aromatic N) is 1. The fraction of sp³-hybridized carbons (Fsp3) is 0.562. The number of carbonyl (C=O) groups excluding carboxylic acids is 1. The number of benzene rings is 1. The largest absolute Gasteiger partial charge is 0.465 e. The van der Waals surface area contributed by atoms with E-state index < -0.39 is 0 Å². The fourth-order valence-corrected chi connectivity index (χ4v) is 2.61. The Morgan fingerprint density at radius 1 is 1.40 bits per heavy atom. The van der Waals surface area contributed by atoms with E-state index in [1.54, 1.807) is 0 Å². The lowest BCUT2D eigenvalue weighted by Gasteiger charge is -2.40. The SMILES string of the molecule is CCOC(=O)C(c1ccccc1)N1CC(C)OCC1C. The van der Waals surface area contributed by atoms with Crippen molar-refractivity contribution < 1.29 is 14.3 Å². The molecule has 1 aromatic rings. The van der Waals surface area contributed by atoms with Crippen LogP contribution in [0.25, 0.3) is 0 Å². The second kappa shape index (κ2) is 6.86. The quantitative estimate of drug-likeness (QED) is 0.792. The average Bonchev–Trinajstić information content (AvgIpc) is 2.44. The van der Waals surface area contributed by atoms with Gasteiger partial charge in [-0.1, -0.05) is 30.3 Å². The number of hydrogen-bond donors (Lipinski definition) is 0. The summed E-state index contributed by atoms with van der Waals surface area (Å²) in [6.07, 6.45) is 0.131. The molecular weight excluding hydrogens is 254 g/mol. The molecule has 3 unspecified atom stereocenters. The summed E-state index contributed by atoms with van der Waals surface area (Å²) in [7, 11) is 0. The highest BCUT2D eigenvalue weighted by Gasteiger charge is 2.35. The first-order valence-electron chi connectivity index (χ1n) is 7.22. The summed E-state index contributed by atoms with van der Waals surface area (Å²) in [5, 5.41) is 0. The van der Waals surface area contributed by atoms with Gasteiger partial charge < -0.3 is 9.47 Å². The van der Waals surface area contributed by atoms with Crippen LogP contribution in [-0.2, 0) is 14.3 Å². The zero-order chi connectivity index (χ0) is 14.5. The molecule has 1 aliphatic heterocycles. The molecule has 1 saturated heterocycles. The summed E-state index contributed by atoms with van der Waals surface area (Å²) in [4.78, 5) is 14.6. The van der Waals surface area contributed by atoms with Gasteiger partial charge in [0.05, 0.1) is 19.3 Å². The number of hydrogen-bond acceptors (Lipinski definition) is 4. The van der Waals surface area contributed by atoms with E-state index in [9.17, 15) is 4.79 Å². The second-order valence-corrected chi connectivity index (χ2v) is 5.26. The van der Waals surface area contributed by atoms with E-state index in [-0.39, 0.29) is 24.2 Å². The molecule has 4 nitrogen and oxygen atoms in total. The monoisotopic (exact) mass is 277 g/mol. The number of morpholine rings is 1. The summed E-state index contributed by atoms with van der Waals surface area (Å²) in [6, 6.07) is 9.67. The molecule has 1 fully saturated rings. The van der Waals surface area contributed by atoms with Gasteiger partial charge in [0.2, 0.25) is 0 Å². The molecule has 1 aliphatic rings. The Balaban J connectivity index is 2.28. The predicted octanol–water partition coefficient (Wildman–Crippen LogP) is 2.40. The highest BCUT2D eigenvalue weighted by Crippen LogP contribution is 2.27. The number of ether oxygens (including phenoxy) is 2. The maximum atomic E-state index is 12.4. The van der Waals surface area contributed by atoms with E-state index in [2.05, 4.69) is 11.8 Å². The molecule has 3 atom stereocenters. The van der Waals surface area contributed by atoms with Crippen molar-refractivity contribution in [2.75, 3.05) is 19.8 Å². The van der Waals surface area contributed by atoms with Crippen molar-refractivity contribution in [3.05, 3.63) is 35.9 Å². The Morgan fingerprint density at radius 3 is 2.75 bits per heavy atom. The molecule has 4 heteroatoms. The minimum atomic E-state index is -0.350. The van der Waals surface area contributed by atoms with E-state index in [4.69, 9.17) is 9.47 Å². The lowest BCUT2D eigenvalue weighted by molar-refractivity contribution is -0.155. The van der Waals surface area contributed by atoms with E-state index in [1.165, 1.54) is 0 Å². The molecule has 2 rings (SSSR count). The van der Waals surface area contributed by atoms with Crippen LogP contribution in [0.5, 0.6) is 0 Å². The van der Waals surface area contributed by atoms with Gasteiger partial charge in [0.1, 0.15) is 6.04 Å². The summed E-state index contributed by atoms with van der Waals surface area (Å²) in [6.45, 7) is 7.73. The summed E-state index contributed by atoms with van der Waals surface area (Å²) >= 11 is 0. The molecule has 0 aromatic heterocycles.